The number of esters is 1. The molecule has 0 saturated carbocycles. The summed E-state index contributed by atoms with van der Waals surface area (Å²) < 4.78 is 5.98. The van der Waals surface area contributed by atoms with Crippen molar-refractivity contribution in [2.45, 2.75) is 18.9 Å². The summed E-state index contributed by atoms with van der Waals surface area (Å²) >= 11 is 2.23. The third-order valence-electron chi connectivity index (χ3n) is 4.35. The van der Waals surface area contributed by atoms with Crippen LogP contribution in [0.2, 0.25) is 0 Å². The van der Waals surface area contributed by atoms with E-state index in [4.69, 9.17) is 4.74 Å². The fourth-order valence-corrected chi connectivity index (χ4v) is 3.33. The molecule has 0 saturated heterocycles. The second-order valence-corrected chi connectivity index (χ2v) is 7.58. The van der Waals surface area contributed by atoms with Crippen LogP contribution in [-0.2, 0) is 27.2 Å². The Bertz CT molecular complexity index is 953. The standard InChI is InChI=1S/C22H20INO3/c1-27-22(26)20(13-15-7-10-19(23)11-8-15)24-21(25)14-16-6-9-17-4-2-3-5-18(17)12-16/h2-12,20H,13-14H2,1H3,(H,24,25)/t20-/m1/s1. The highest BCUT2D eigenvalue weighted by Gasteiger charge is 2.22. The van der Waals surface area contributed by atoms with Gasteiger partial charge in [-0.15, -0.1) is 0 Å². The third kappa shape index (κ3) is 5.29. The Hall–Kier alpha value is -2.41. The van der Waals surface area contributed by atoms with Crippen LogP contribution in [0.15, 0.2) is 66.7 Å². The second-order valence-electron chi connectivity index (χ2n) is 6.33. The van der Waals surface area contributed by atoms with Gasteiger partial charge in [0.2, 0.25) is 5.91 Å². The topological polar surface area (TPSA) is 55.4 Å². The molecular formula is C22H20INO3. The largest absolute Gasteiger partial charge is 0.467 e. The molecule has 27 heavy (non-hydrogen) atoms. The highest BCUT2D eigenvalue weighted by molar-refractivity contribution is 14.1. The number of amides is 1. The summed E-state index contributed by atoms with van der Waals surface area (Å²) in [6.45, 7) is 0. The van der Waals surface area contributed by atoms with Crippen molar-refractivity contribution in [2.24, 2.45) is 0 Å². The van der Waals surface area contributed by atoms with Crippen LogP contribution in [0, 0.1) is 3.57 Å². The normalized spacial score (nSPS) is 11.8. The molecule has 0 aliphatic heterocycles. The Balaban J connectivity index is 1.69. The van der Waals surface area contributed by atoms with Gasteiger partial charge in [0, 0.05) is 9.99 Å². The SMILES string of the molecule is COC(=O)[C@@H](Cc1ccc(I)cc1)NC(=O)Cc1ccc2ccccc2c1. The minimum atomic E-state index is -0.706. The Labute approximate surface area is 172 Å². The zero-order valence-corrected chi connectivity index (χ0v) is 17.1. The monoisotopic (exact) mass is 473 g/mol. The van der Waals surface area contributed by atoms with Gasteiger partial charge < -0.3 is 10.1 Å². The lowest BCUT2D eigenvalue weighted by molar-refractivity contribution is -0.145. The van der Waals surface area contributed by atoms with E-state index < -0.39 is 12.0 Å². The average Bonchev–Trinajstić information content (AvgIpc) is 2.68. The molecule has 0 spiro atoms. The molecule has 0 heterocycles. The number of carbonyl (C=O) groups is 2. The van der Waals surface area contributed by atoms with E-state index in [1.54, 1.807) is 0 Å². The maximum absolute atomic E-state index is 12.5. The molecule has 0 aliphatic rings. The number of hydrogen-bond donors (Lipinski definition) is 1. The molecule has 138 valence electrons. The fourth-order valence-electron chi connectivity index (χ4n) is 2.97. The van der Waals surface area contributed by atoms with Crippen LogP contribution in [0.25, 0.3) is 10.8 Å². The van der Waals surface area contributed by atoms with E-state index in [9.17, 15) is 9.59 Å². The van der Waals surface area contributed by atoms with Crippen LogP contribution >= 0.6 is 22.6 Å². The van der Waals surface area contributed by atoms with Crippen LogP contribution in [-0.4, -0.2) is 25.0 Å². The van der Waals surface area contributed by atoms with Crippen molar-refractivity contribution in [2.75, 3.05) is 7.11 Å². The molecule has 3 aromatic carbocycles. The van der Waals surface area contributed by atoms with E-state index in [0.717, 1.165) is 25.5 Å². The van der Waals surface area contributed by atoms with Crippen molar-refractivity contribution in [1.29, 1.82) is 0 Å². The van der Waals surface area contributed by atoms with Gasteiger partial charge in [0.25, 0.3) is 0 Å². The number of benzene rings is 3. The molecule has 4 nitrogen and oxygen atoms in total. The average molecular weight is 473 g/mol. The molecule has 0 radical (unpaired) electrons. The molecule has 3 rings (SSSR count). The molecule has 0 bridgehead atoms. The summed E-state index contributed by atoms with van der Waals surface area (Å²) in [5.41, 5.74) is 1.88. The zero-order valence-electron chi connectivity index (χ0n) is 14.9. The first-order valence-corrected chi connectivity index (χ1v) is 9.72. The minimum absolute atomic E-state index is 0.203. The van der Waals surface area contributed by atoms with Crippen molar-refractivity contribution in [1.82, 2.24) is 5.32 Å². The molecule has 3 aromatic rings. The Morgan fingerprint density at radius 2 is 1.63 bits per heavy atom. The van der Waals surface area contributed by atoms with Gasteiger partial charge in [0.05, 0.1) is 13.5 Å². The number of fused-ring (bicyclic) bond motifs is 1. The lowest BCUT2D eigenvalue weighted by Gasteiger charge is -2.17. The molecule has 0 aliphatic carbocycles. The molecule has 1 amide bonds. The Morgan fingerprint density at radius 3 is 2.33 bits per heavy atom. The first-order chi connectivity index (χ1) is 13.0. The summed E-state index contributed by atoms with van der Waals surface area (Å²) in [6, 6.07) is 21.1. The van der Waals surface area contributed by atoms with Gasteiger partial charge in [-0.2, -0.15) is 0 Å². The second kappa shape index (κ2) is 8.99. The Kier molecular flexibility index (Phi) is 6.45. The quantitative estimate of drug-likeness (QED) is 0.437. The van der Waals surface area contributed by atoms with Crippen molar-refractivity contribution < 1.29 is 14.3 Å². The van der Waals surface area contributed by atoms with Crippen molar-refractivity contribution in [3.8, 4) is 0 Å². The number of methoxy groups -OCH3 is 1. The Morgan fingerprint density at radius 1 is 0.963 bits per heavy atom. The van der Waals surface area contributed by atoms with Gasteiger partial charge >= 0.3 is 5.97 Å². The van der Waals surface area contributed by atoms with E-state index in [2.05, 4.69) is 27.9 Å². The highest BCUT2D eigenvalue weighted by atomic mass is 127. The van der Waals surface area contributed by atoms with Gasteiger partial charge in [-0.25, -0.2) is 4.79 Å². The zero-order chi connectivity index (χ0) is 19.2. The first kappa shape index (κ1) is 19.4. The molecule has 0 aromatic heterocycles. The van der Waals surface area contributed by atoms with Crippen molar-refractivity contribution >= 4 is 45.2 Å². The van der Waals surface area contributed by atoms with E-state index in [0.29, 0.717) is 6.42 Å². The number of ether oxygens (including phenoxy) is 1. The smallest absolute Gasteiger partial charge is 0.328 e. The molecular weight excluding hydrogens is 453 g/mol. The fraction of sp³-hybridized carbons (Fsp3) is 0.182. The third-order valence-corrected chi connectivity index (χ3v) is 5.07. The summed E-state index contributed by atoms with van der Waals surface area (Å²) in [7, 11) is 1.33. The summed E-state index contributed by atoms with van der Waals surface area (Å²) in [6.07, 6.45) is 0.609. The molecule has 1 N–H and O–H groups in total. The number of hydrogen-bond acceptors (Lipinski definition) is 3. The number of halogens is 1. The van der Waals surface area contributed by atoms with Crippen molar-refractivity contribution in [3.05, 3.63) is 81.4 Å². The van der Waals surface area contributed by atoms with Crippen LogP contribution in [0.3, 0.4) is 0 Å². The summed E-state index contributed by atoms with van der Waals surface area (Å²) in [5, 5.41) is 5.03. The van der Waals surface area contributed by atoms with Gasteiger partial charge in [0.15, 0.2) is 0 Å². The maximum atomic E-state index is 12.5. The highest BCUT2D eigenvalue weighted by Crippen LogP contribution is 2.16. The summed E-state index contributed by atoms with van der Waals surface area (Å²) in [4.78, 5) is 24.6. The van der Waals surface area contributed by atoms with Crippen LogP contribution < -0.4 is 5.32 Å². The first-order valence-electron chi connectivity index (χ1n) is 8.64. The molecule has 1 atom stereocenters. The number of nitrogens with one attached hydrogen (secondary N) is 1. The molecule has 0 unspecified atom stereocenters. The van der Waals surface area contributed by atoms with E-state index >= 15 is 0 Å². The van der Waals surface area contributed by atoms with E-state index in [-0.39, 0.29) is 12.3 Å². The lowest BCUT2D eigenvalue weighted by atomic mass is 10.0. The maximum Gasteiger partial charge on any atom is 0.328 e. The van der Waals surface area contributed by atoms with Crippen LogP contribution in [0.4, 0.5) is 0 Å². The van der Waals surface area contributed by atoms with E-state index in [1.165, 1.54) is 7.11 Å². The number of carbonyl (C=O) groups excluding carboxylic acids is 2. The predicted octanol–water partition coefficient (Wildman–Crippen LogP) is 3.89. The molecule has 5 heteroatoms. The lowest BCUT2D eigenvalue weighted by Crippen LogP contribution is -2.43. The minimum Gasteiger partial charge on any atom is -0.467 e. The van der Waals surface area contributed by atoms with Crippen LogP contribution in [0.5, 0.6) is 0 Å². The predicted molar refractivity (Wildman–Crippen MR) is 114 cm³/mol. The van der Waals surface area contributed by atoms with E-state index in [1.807, 2.05) is 66.7 Å². The van der Waals surface area contributed by atoms with Gasteiger partial charge in [0.1, 0.15) is 6.04 Å². The van der Waals surface area contributed by atoms with Gasteiger partial charge in [-0.3, -0.25) is 4.79 Å². The molecule has 0 fully saturated rings. The van der Waals surface area contributed by atoms with Crippen LogP contribution in [0.1, 0.15) is 11.1 Å². The summed E-state index contributed by atoms with van der Waals surface area (Å²) in [5.74, 6) is -0.647. The number of rotatable bonds is 6. The van der Waals surface area contributed by atoms with Crippen molar-refractivity contribution in [3.63, 3.8) is 0 Å². The van der Waals surface area contributed by atoms with Gasteiger partial charge in [-0.1, -0.05) is 54.6 Å². The van der Waals surface area contributed by atoms with Gasteiger partial charge in [-0.05, 0) is 56.6 Å².